The number of likely N-dealkylation sites (N-methyl/N-ethyl adjacent to an activating group) is 1. The van der Waals surface area contributed by atoms with E-state index < -0.39 is 0 Å². The van der Waals surface area contributed by atoms with Crippen LogP contribution in [-0.4, -0.2) is 37.6 Å². The summed E-state index contributed by atoms with van der Waals surface area (Å²) in [7, 11) is 2.26. The summed E-state index contributed by atoms with van der Waals surface area (Å²) < 4.78 is 0. The highest BCUT2D eigenvalue weighted by atomic mass is 15.1. The van der Waals surface area contributed by atoms with Crippen molar-refractivity contribution < 1.29 is 0 Å². The number of hydrogen-bond donors (Lipinski definition) is 1. The van der Waals surface area contributed by atoms with Crippen molar-refractivity contribution in [3.05, 3.63) is 0 Å². The van der Waals surface area contributed by atoms with Gasteiger partial charge in [-0.15, -0.1) is 0 Å². The molecule has 0 saturated heterocycles. The summed E-state index contributed by atoms with van der Waals surface area (Å²) in [5.41, 5.74) is 0. The molecule has 0 spiro atoms. The Morgan fingerprint density at radius 2 is 2.08 bits per heavy atom. The van der Waals surface area contributed by atoms with Crippen molar-refractivity contribution in [3.63, 3.8) is 0 Å². The Morgan fingerprint density at radius 3 is 2.62 bits per heavy atom. The fourth-order valence-electron chi connectivity index (χ4n) is 1.69. The van der Waals surface area contributed by atoms with Crippen molar-refractivity contribution in [2.75, 3.05) is 26.7 Å². The van der Waals surface area contributed by atoms with Crippen LogP contribution in [0, 0.1) is 0 Å². The minimum absolute atomic E-state index is 0.896. The number of unbranched alkanes of at least 4 members (excludes halogenated alkanes) is 1. The summed E-state index contributed by atoms with van der Waals surface area (Å²) in [6.07, 6.45) is 6.90. The van der Waals surface area contributed by atoms with E-state index in [-0.39, 0.29) is 0 Å². The largest absolute Gasteiger partial charge is 0.315 e. The van der Waals surface area contributed by atoms with Gasteiger partial charge in [-0.3, -0.25) is 0 Å². The first-order valence-corrected chi connectivity index (χ1v) is 5.75. The lowest BCUT2D eigenvalue weighted by atomic mass is 9.92. The van der Waals surface area contributed by atoms with E-state index in [0.717, 1.165) is 12.6 Å². The van der Waals surface area contributed by atoms with Gasteiger partial charge in [-0.05, 0) is 32.9 Å². The third kappa shape index (κ3) is 4.10. The van der Waals surface area contributed by atoms with Gasteiger partial charge in [0.05, 0.1) is 0 Å². The summed E-state index contributed by atoms with van der Waals surface area (Å²) in [5.74, 6) is 0. The Kier molecular flexibility index (Phi) is 5.40. The molecule has 0 heterocycles. The van der Waals surface area contributed by atoms with Crippen LogP contribution in [0.4, 0.5) is 0 Å². The van der Waals surface area contributed by atoms with Crippen LogP contribution in [0.3, 0.4) is 0 Å². The van der Waals surface area contributed by atoms with Crippen molar-refractivity contribution in [1.82, 2.24) is 10.2 Å². The van der Waals surface area contributed by atoms with Gasteiger partial charge in [0, 0.05) is 19.1 Å². The van der Waals surface area contributed by atoms with E-state index in [2.05, 4.69) is 24.2 Å². The second-order valence-corrected chi connectivity index (χ2v) is 4.17. The van der Waals surface area contributed by atoms with Crippen molar-refractivity contribution in [2.45, 2.75) is 45.1 Å². The zero-order valence-corrected chi connectivity index (χ0v) is 9.18. The van der Waals surface area contributed by atoms with Gasteiger partial charge in [0.15, 0.2) is 0 Å². The lowest BCUT2D eigenvalue weighted by Gasteiger charge is -2.34. The van der Waals surface area contributed by atoms with Crippen LogP contribution >= 0.6 is 0 Å². The van der Waals surface area contributed by atoms with Crippen LogP contribution in [0.5, 0.6) is 0 Å². The van der Waals surface area contributed by atoms with Gasteiger partial charge in [0.25, 0.3) is 0 Å². The molecular weight excluding hydrogens is 160 g/mol. The smallest absolute Gasteiger partial charge is 0.0107 e. The van der Waals surface area contributed by atoms with Gasteiger partial charge < -0.3 is 10.2 Å². The van der Waals surface area contributed by atoms with Crippen LogP contribution in [0.1, 0.15) is 39.0 Å². The average molecular weight is 184 g/mol. The molecular formula is C11H24N2. The molecule has 0 bridgehead atoms. The maximum absolute atomic E-state index is 3.48. The Labute approximate surface area is 82.7 Å². The number of hydrogen-bond acceptors (Lipinski definition) is 2. The summed E-state index contributed by atoms with van der Waals surface area (Å²) in [6.45, 7) is 5.80. The van der Waals surface area contributed by atoms with Gasteiger partial charge >= 0.3 is 0 Å². The molecule has 0 aromatic heterocycles. The summed E-state index contributed by atoms with van der Waals surface area (Å²) in [5, 5.41) is 3.48. The normalized spacial score (nSPS) is 17.8. The summed E-state index contributed by atoms with van der Waals surface area (Å²) in [6, 6.07) is 0.896. The fraction of sp³-hybridized carbons (Fsp3) is 1.00. The monoisotopic (exact) mass is 184 g/mol. The Morgan fingerprint density at radius 1 is 1.31 bits per heavy atom. The molecule has 0 aromatic carbocycles. The second-order valence-electron chi connectivity index (χ2n) is 4.17. The molecule has 1 saturated carbocycles. The highest BCUT2D eigenvalue weighted by Gasteiger charge is 2.20. The predicted octanol–water partition coefficient (Wildman–Crippen LogP) is 1.86. The molecule has 1 aliphatic carbocycles. The van der Waals surface area contributed by atoms with E-state index in [1.807, 2.05) is 0 Å². The molecule has 0 aliphatic heterocycles. The van der Waals surface area contributed by atoms with Crippen molar-refractivity contribution >= 4 is 0 Å². The minimum Gasteiger partial charge on any atom is -0.315 e. The van der Waals surface area contributed by atoms with Crippen LogP contribution in [0.25, 0.3) is 0 Å². The molecule has 1 N–H and O–H groups in total. The Hall–Kier alpha value is -0.0800. The third-order valence-electron chi connectivity index (χ3n) is 3.05. The minimum atomic E-state index is 0.896. The highest BCUT2D eigenvalue weighted by molar-refractivity contribution is 4.77. The predicted molar refractivity (Wildman–Crippen MR) is 58.0 cm³/mol. The lowest BCUT2D eigenvalue weighted by molar-refractivity contribution is 0.160. The first-order chi connectivity index (χ1) is 6.34. The van der Waals surface area contributed by atoms with Crippen molar-refractivity contribution in [2.24, 2.45) is 0 Å². The topological polar surface area (TPSA) is 15.3 Å². The molecule has 78 valence electrons. The van der Waals surface area contributed by atoms with Crippen molar-refractivity contribution in [1.29, 1.82) is 0 Å². The number of nitrogens with zero attached hydrogens (tertiary/aromatic N) is 1. The number of nitrogens with one attached hydrogen (secondary N) is 1. The van der Waals surface area contributed by atoms with E-state index >= 15 is 0 Å². The number of rotatable bonds is 7. The van der Waals surface area contributed by atoms with Gasteiger partial charge in [0.2, 0.25) is 0 Å². The van der Waals surface area contributed by atoms with Crippen molar-refractivity contribution in [3.8, 4) is 0 Å². The standard InChI is InChI=1S/C11H24N2/c1-3-4-8-12-9-10-13(2)11-6-5-7-11/h11-12H,3-10H2,1-2H3. The van der Waals surface area contributed by atoms with E-state index in [1.54, 1.807) is 0 Å². The molecule has 1 rings (SSSR count). The SMILES string of the molecule is CCCCNCCN(C)C1CCC1. The van der Waals surface area contributed by atoms with Crippen LogP contribution < -0.4 is 5.32 Å². The van der Waals surface area contributed by atoms with Gasteiger partial charge in [0.1, 0.15) is 0 Å². The fourth-order valence-corrected chi connectivity index (χ4v) is 1.69. The first-order valence-electron chi connectivity index (χ1n) is 5.75. The molecule has 2 heteroatoms. The Balaban J connectivity index is 1.86. The van der Waals surface area contributed by atoms with E-state index in [0.29, 0.717) is 0 Å². The lowest BCUT2D eigenvalue weighted by Crippen LogP contribution is -2.40. The van der Waals surface area contributed by atoms with E-state index in [1.165, 1.54) is 45.2 Å². The van der Waals surface area contributed by atoms with Crippen LogP contribution in [0.2, 0.25) is 0 Å². The third-order valence-corrected chi connectivity index (χ3v) is 3.05. The summed E-state index contributed by atoms with van der Waals surface area (Å²) >= 11 is 0. The quantitative estimate of drug-likeness (QED) is 0.608. The molecule has 0 unspecified atom stereocenters. The maximum Gasteiger partial charge on any atom is 0.0107 e. The molecule has 0 radical (unpaired) electrons. The van der Waals surface area contributed by atoms with Crippen LogP contribution in [-0.2, 0) is 0 Å². The van der Waals surface area contributed by atoms with Gasteiger partial charge in [-0.2, -0.15) is 0 Å². The zero-order valence-electron chi connectivity index (χ0n) is 9.18. The average Bonchev–Trinajstić information content (AvgIpc) is 2.01. The van der Waals surface area contributed by atoms with Crippen LogP contribution in [0.15, 0.2) is 0 Å². The molecule has 1 fully saturated rings. The molecule has 13 heavy (non-hydrogen) atoms. The zero-order chi connectivity index (χ0) is 9.52. The summed E-state index contributed by atoms with van der Waals surface area (Å²) in [4.78, 5) is 2.50. The molecule has 0 atom stereocenters. The first kappa shape index (κ1) is 11.0. The van der Waals surface area contributed by atoms with Gasteiger partial charge in [-0.1, -0.05) is 19.8 Å². The van der Waals surface area contributed by atoms with Gasteiger partial charge in [-0.25, -0.2) is 0 Å². The van der Waals surface area contributed by atoms with E-state index in [4.69, 9.17) is 0 Å². The molecule has 1 aliphatic rings. The highest BCUT2D eigenvalue weighted by Crippen LogP contribution is 2.22. The molecule has 0 aromatic rings. The molecule has 2 nitrogen and oxygen atoms in total. The molecule has 0 amide bonds. The maximum atomic E-state index is 3.48. The van der Waals surface area contributed by atoms with E-state index in [9.17, 15) is 0 Å². The second kappa shape index (κ2) is 6.39. The Bertz CT molecular complexity index is 121.